The zero-order chi connectivity index (χ0) is 23.2. The van der Waals surface area contributed by atoms with E-state index in [9.17, 15) is 9.90 Å². The molecular weight excluding hydrogens is 414 g/mol. The number of nitrogens with one attached hydrogen (secondary N) is 1. The Bertz CT molecular complexity index is 979. The number of carboxylic acid groups (broad SMARTS) is 1. The van der Waals surface area contributed by atoms with E-state index in [1.54, 1.807) is 6.20 Å². The zero-order valence-electron chi connectivity index (χ0n) is 19.2. The van der Waals surface area contributed by atoms with Crippen molar-refractivity contribution in [2.24, 2.45) is 11.8 Å². The number of hydrogen-bond acceptors (Lipinski definition) is 6. The standard InChI is InChI=1S/C26H35N5O2/c1-2-31(27)24-7-3-5-21(15-24)22(16-25(32)33)18-30-14-12-19(17-30)8-10-23-11-9-20-6-4-13-28-26(20)29-23/h2-3,5,7,9,11,15,19,22H,1,4,6,8,10,12-14,16-18,27H2,(H,28,29)(H,32,33). The third kappa shape index (κ3) is 6.12. The molecular formula is C26H35N5O2. The number of fused-ring (bicyclic) bond motifs is 1. The summed E-state index contributed by atoms with van der Waals surface area (Å²) in [5.74, 6) is 6.78. The van der Waals surface area contributed by atoms with Crippen LogP contribution in [0.5, 0.6) is 0 Å². The minimum atomic E-state index is -0.776. The van der Waals surface area contributed by atoms with Crippen LogP contribution < -0.4 is 16.2 Å². The van der Waals surface area contributed by atoms with Crippen molar-refractivity contribution in [3.05, 3.63) is 66.0 Å². The molecule has 0 spiro atoms. The largest absolute Gasteiger partial charge is 0.481 e. The van der Waals surface area contributed by atoms with Gasteiger partial charge in [0.05, 0.1) is 12.1 Å². The lowest BCUT2D eigenvalue weighted by Gasteiger charge is -2.24. The molecule has 3 heterocycles. The molecule has 1 fully saturated rings. The second kappa shape index (κ2) is 10.8. The lowest BCUT2D eigenvalue weighted by atomic mass is 9.94. The number of hydrazine groups is 1. The van der Waals surface area contributed by atoms with Crippen LogP contribution in [0.1, 0.15) is 48.4 Å². The minimum Gasteiger partial charge on any atom is -0.481 e. The summed E-state index contributed by atoms with van der Waals surface area (Å²) in [4.78, 5) is 18.8. The monoisotopic (exact) mass is 449 g/mol. The predicted octanol–water partition coefficient (Wildman–Crippen LogP) is 3.78. The van der Waals surface area contributed by atoms with Crippen LogP contribution in [0, 0.1) is 5.92 Å². The van der Waals surface area contributed by atoms with E-state index in [4.69, 9.17) is 10.8 Å². The lowest BCUT2D eigenvalue weighted by Crippen LogP contribution is -2.28. The molecule has 0 saturated carbocycles. The van der Waals surface area contributed by atoms with Gasteiger partial charge in [-0.2, -0.15) is 0 Å². The van der Waals surface area contributed by atoms with Crippen molar-refractivity contribution in [1.29, 1.82) is 0 Å². The average molecular weight is 450 g/mol. The maximum Gasteiger partial charge on any atom is 0.304 e. The number of nitrogens with zero attached hydrogens (tertiary/aromatic N) is 3. The number of aryl methyl sites for hydroxylation is 2. The molecule has 7 heteroatoms. The highest BCUT2D eigenvalue weighted by molar-refractivity contribution is 5.68. The Kier molecular flexibility index (Phi) is 7.62. The van der Waals surface area contributed by atoms with Crippen LogP contribution in [-0.2, 0) is 17.6 Å². The zero-order valence-corrected chi connectivity index (χ0v) is 19.2. The maximum atomic E-state index is 11.6. The first-order valence-electron chi connectivity index (χ1n) is 11.9. The molecule has 1 saturated heterocycles. The van der Waals surface area contributed by atoms with Crippen molar-refractivity contribution in [3.8, 4) is 0 Å². The van der Waals surface area contributed by atoms with Gasteiger partial charge in [-0.05, 0) is 73.9 Å². The van der Waals surface area contributed by atoms with Crippen LogP contribution in [0.25, 0.3) is 0 Å². The Labute approximate surface area is 196 Å². The number of nitrogens with two attached hydrogens (primary N) is 1. The van der Waals surface area contributed by atoms with Gasteiger partial charge in [0, 0.05) is 37.4 Å². The van der Waals surface area contributed by atoms with E-state index >= 15 is 0 Å². The van der Waals surface area contributed by atoms with Crippen molar-refractivity contribution < 1.29 is 9.90 Å². The third-order valence-corrected chi connectivity index (χ3v) is 6.87. The molecule has 7 nitrogen and oxygen atoms in total. The Balaban J connectivity index is 1.34. The number of pyridine rings is 1. The van der Waals surface area contributed by atoms with E-state index in [0.717, 1.165) is 74.6 Å². The molecule has 33 heavy (non-hydrogen) atoms. The van der Waals surface area contributed by atoms with Crippen LogP contribution in [0.4, 0.5) is 11.5 Å². The van der Waals surface area contributed by atoms with Crippen LogP contribution in [0.15, 0.2) is 49.2 Å². The van der Waals surface area contributed by atoms with Crippen LogP contribution in [-0.4, -0.2) is 47.1 Å². The van der Waals surface area contributed by atoms with Gasteiger partial charge in [-0.3, -0.25) is 9.80 Å². The summed E-state index contributed by atoms with van der Waals surface area (Å²) in [7, 11) is 0. The predicted molar refractivity (Wildman–Crippen MR) is 132 cm³/mol. The number of anilines is 2. The molecule has 4 rings (SSSR count). The highest BCUT2D eigenvalue weighted by Gasteiger charge is 2.27. The second-order valence-electron chi connectivity index (χ2n) is 9.27. The molecule has 176 valence electrons. The van der Waals surface area contributed by atoms with Gasteiger partial charge in [-0.1, -0.05) is 24.8 Å². The molecule has 2 aromatic rings. The number of likely N-dealkylation sites (tertiary alicyclic amines) is 1. The Morgan fingerprint density at radius 3 is 3.09 bits per heavy atom. The number of aliphatic carboxylic acids is 1. The number of carbonyl (C=O) groups is 1. The summed E-state index contributed by atoms with van der Waals surface area (Å²) in [6.07, 6.45) is 7.20. The molecule has 2 aliphatic heterocycles. The fourth-order valence-electron chi connectivity index (χ4n) is 5.03. The molecule has 2 unspecified atom stereocenters. The minimum absolute atomic E-state index is 0.0761. The number of rotatable bonds is 10. The summed E-state index contributed by atoms with van der Waals surface area (Å²) < 4.78 is 0. The Morgan fingerprint density at radius 1 is 1.39 bits per heavy atom. The molecule has 1 aromatic heterocycles. The fourth-order valence-corrected chi connectivity index (χ4v) is 5.03. The average Bonchev–Trinajstić information content (AvgIpc) is 3.29. The van der Waals surface area contributed by atoms with E-state index < -0.39 is 5.97 Å². The highest BCUT2D eigenvalue weighted by Crippen LogP contribution is 2.29. The van der Waals surface area contributed by atoms with E-state index in [-0.39, 0.29) is 12.3 Å². The first kappa shape index (κ1) is 23.3. The number of aromatic nitrogens is 1. The Morgan fingerprint density at radius 2 is 2.27 bits per heavy atom. The van der Waals surface area contributed by atoms with Crippen LogP contribution in [0.2, 0.25) is 0 Å². The lowest BCUT2D eigenvalue weighted by molar-refractivity contribution is -0.137. The van der Waals surface area contributed by atoms with Crippen molar-refractivity contribution in [1.82, 2.24) is 9.88 Å². The van der Waals surface area contributed by atoms with E-state index in [1.807, 2.05) is 24.3 Å². The normalized spacial score (nSPS) is 18.9. The molecule has 0 amide bonds. The van der Waals surface area contributed by atoms with E-state index in [0.29, 0.717) is 5.92 Å². The van der Waals surface area contributed by atoms with Gasteiger partial charge in [0.15, 0.2) is 0 Å². The maximum absolute atomic E-state index is 11.6. The first-order valence-corrected chi connectivity index (χ1v) is 11.9. The van der Waals surface area contributed by atoms with Crippen LogP contribution >= 0.6 is 0 Å². The summed E-state index contributed by atoms with van der Waals surface area (Å²) in [6.45, 7) is 7.47. The smallest absolute Gasteiger partial charge is 0.304 e. The van der Waals surface area contributed by atoms with E-state index in [1.165, 1.54) is 17.0 Å². The van der Waals surface area contributed by atoms with Gasteiger partial charge in [0.2, 0.25) is 0 Å². The topological polar surface area (TPSA) is 94.7 Å². The highest BCUT2D eigenvalue weighted by atomic mass is 16.4. The van der Waals surface area contributed by atoms with Crippen LogP contribution in [0.3, 0.4) is 0 Å². The van der Waals surface area contributed by atoms with Gasteiger partial charge < -0.3 is 15.3 Å². The molecule has 0 bridgehead atoms. The SMILES string of the molecule is C=CN(N)c1cccc(C(CC(=O)O)CN2CCC(CCc3ccc4c(n3)NCCC4)C2)c1. The second-order valence-corrected chi connectivity index (χ2v) is 9.27. The van der Waals surface area contributed by atoms with Crippen molar-refractivity contribution in [3.63, 3.8) is 0 Å². The third-order valence-electron chi connectivity index (χ3n) is 6.87. The quantitative estimate of drug-likeness (QED) is 0.375. The van der Waals surface area contributed by atoms with E-state index in [2.05, 4.69) is 28.9 Å². The molecule has 0 radical (unpaired) electrons. The summed E-state index contributed by atoms with van der Waals surface area (Å²) >= 11 is 0. The van der Waals surface area contributed by atoms with Gasteiger partial charge >= 0.3 is 5.97 Å². The number of hydrogen-bond donors (Lipinski definition) is 3. The van der Waals surface area contributed by atoms with Gasteiger partial charge in [0.25, 0.3) is 0 Å². The molecule has 2 aliphatic rings. The summed E-state index contributed by atoms with van der Waals surface area (Å²) in [5.41, 5.74) is 4.30. The molecule has 0 aliphatic carbocycles. The van der Waals surface area contributed by atoms with Gasteiger partial charge in [-0.25, -0.2) is 10.8 Å². The molecule has 4 N–H and O–H groups in total. The fraction of sp³-hybridized carbons (Fsp3) is 0.462. The summed E-state index contributed by atoms with van der Waals surface area (Å²) in [6, 6.07) is 12.2. The van der Waals surface area contributed by atoms with Crippen molar-refractivity contribution >= 4 is 17.5 Å². The first-order chi connectivity index (χ1) is 16.0. The number of benzene rings is 1. The number of carboxylic acids is 1. The molecule has 2 atom stereocenters. The van der Waals surface area contributed by atoms with Crippen molar-refractivity contribution in [2.75, 3.05) is 36.5 Å². The van der Waals surface area contributed by atoms with Gasteiger partial charge in [-0.15, -0.1) is 0 Å². The Hall–Kier alpha value is -2.90. The molecule has 1 aromatic carbocycles. The summed E-state index contributed by atoms with van der Waals surface area (Å²) in [5, 5.41) is 14.4. The van der Waals surface area contributed by atoms with Crippen molar-refractivity contribution in [2.45, 2.75) is 44.4 Å². The van der Waals surface area contributed by atoms with Gasteiger partial charge in [0.1, 0.15) is 5.82 Å².